The van der Waals surface area contributed by atoms with Crippen LogP contribution in [-0.4, -0.2) is 5.11 Å². The van der Waals surface area contributed by atoms with Crippen LogP contribution in [0, 0.1) is 12.8 Å². The maximum Gasteiger partial charge on any atom is 0.119 e. The molecule has 1 unspecified atom stereocenters. The van der Waals surface area contributed by atoms with E-state index in [1.165, 1.54) is 15.6 Å². The van der Waals surface area contributed by atoms with Crippen LogP contribution in [0.15, 0.2) is 28.3 Å². The number of hydrogen-bond acceptors (Lipinski definition) is 1. The van der Waals surface area contributed by atoms with Crippen molar-refractivity contribution < 1.29 is 5.11 Å². The van der Waals surface area contributed by atoms with Crippen molar-refractivity contribution in [1.29, 1.82) is 0 Å². The van der Waals surface area contributed by atoms with E-state index in [1.54, 1.807) is 6.07 Å². The topological polar surface area (TPSA) is 20.2 Å². The molecule has 17 heavy (non-hydrogen) atoms. The first-order valence-corrected chi connectivity index (χ1v) is 6.98. The third kappa shape index (κ3) is 2.42. The summed E-state index contributed by atoms with van der Waals surface area (Å²) in [4.78, 5) is 0. The van der Waals surface area contributed by atoms with E-state index in [-0.39, 0.29) is 0 Å². The van der Waals surface area contributed by atoms with Crippen molar-refractivity contribution in [3.05, 3.63) is 39.4 Å². The number of phenols is 1. The van der Waals surface area contributed by atoms with E-state index in [4.69, 9.17) is 0 Å². The molecule has 0 bridgehead atoms. The van der Waals surface area contributed by atoms with Crippen LogP contribution in [0.1, 0.15) is 43.7 Å². The second-order valence-corrected chi connectivity index (χ2v) is 6.04. The van der Waals surface area contributed by atoms with Crippen molar-refractivity contribution in [1.82, 2.24) is 0 Å². The Morgan fingerprint density at radius 3 is 2.65 bits per heavy atom. The van der Waals surface area contributed by atoms with Gasteiger partial charge in [-0.25, -0.2) is 0 Å². The summed E-state index contributed by atoms with van der Waals surface area (Å²) in [6.45, 7) is 6.53. The molecular weight excluding hydrogens is 276 g/mol. The predicted octanol–water partition coefficient (Wildman–Crippen LogP) is 4.88. The van der Waals surface area contributed by atoms with Gasteiger partial charge in [0.05, 0.1) is 0 Å². The number of phenolic OH excluding ortho intramolecular Hbond substituents is 1. The highest BCUT2D eigenvalue weighted by atomic mass is 79.9. The summed E-state index contributed by atoms with van der Waals surface area (Å²) < 4.78 is 1.29. The van der Waals surface area contributed by atoms with Crippen LogP contribution in [0.3, 0.4) is 0 Å². The molecule has 1 aromatic carbocycles. The van der Waals surface area contributed by atoms with E-state index >= 15 is 0 Å². The molecule has 0 amide bonds. The molecule has 0 heterocycles. The van der Waals surface area contributed by atoms with Crippen LogP contribution in [0.25, 0.3) is 0 Å². The smallest absolute Gasteiger partial charge is 0.119 e. The maximum atomic E-state index is 9.99. The molecule has 0 saturated heterocycles. The summed E-state index contributed by atoms with van der Waals surface area (Å²) >= 11 is 3.74. The average molecular weight is 295 g/mol. The molecule has 0 aliphatic heterocycles. The molecule has 0 fully saturated rings. The van der Waals surface area contributed by atoms with Gasteiger partial charge in [0.15, 0.2) is 0 Å². The van der Waals surface area contributed by atoms with Crippen LogP contribution >= 0.6 is 15.9 Å². The third-order valence-electron chi connectivity index (χ3n) is 3.57. The fraction of sp³-hybridized carbons (Fsp3) is 0.467. The maximum absolute atomic E-state index is 9.99. The summed E-state index contributed by atoms with van der Waals surface area (Å²) in [5.74, 6) is 1.34. The lowest BCUT2D eigenvalue weighted by Crippen LogP contribution is -1.96. The predicted molar refractivity (Wildman–Crippen MR) is 75.6 cm³/mol. The quantitative estimate of drug-likeness (QED) is 0.824. The SMILES string of the molecule is Cc1ccc(O)c(C2CCC(C(C)C)=C2Br)c1. The zero-order valence-corrected chi connectivity index (χ0v) is 12.2. The summed E-state index contributed by atoms with van der Waals surface area (Å²) in [6, 6.07) is 5.86. The van der Waals surface area contributed by atoms with Crippen molar-refractivity contribution in [2.24, 2.45) is 5.92 Å². The van der Waals surface area contributed by atoms with Crippen LogP contribution in [0.4, 0.5) is 0 Å². The van der Waals surface area contributed by atoms with Crippen LogP contribution < -0.4 is 0 Å². The zero-order valence-electron chi connectivity index (χ0n) is 10.6. The van der Waals surface area contributed by atoms with Crippen molar-refractivity contribution in [3.8, 4) is 5.75 Å². The lowest BCUT2D eigenvalue weighted by molar-refractivity contribution is 0.464. The fourth-order valence-corrected chi connectivity index (χ4v) is 3.71. The van der Waals surface area contributed by atoms with Crippen molar-refractivity contribution in [3.63, 3.8) is 0 Å². The molecule has 0 radical (unpaired) electrons. The highest BCUT2D eigenvalue weighted by Gasteiger charge is 2.28. The van der Waals surface area contributed by atoms with E-state index in [1.807, 2.05) is 6.07 Å². The Kier molecular flexibility index (Phi) is 3.62. The largest absolute Gasteiger partial charge is 0.508 e. The minimum Gasteiger partial charge on any atom is -0.508 e. The monoisotopic (exact) mass is 294 g/mol. The van der Waals surface area contributed by atoms with Gasteiger partial charge in [-0.2, -0.15) is 0 Å². The van der Waals surface area contributed by atoms with Gasteiger partial charge in [0.25, 0.3) is 0 Å². The zero-order chi connectivity index (χ0) is 12.6. The van der Waals surface area contributed by atoms with Gasteiger partial charge >= 0.3 is 0 Å². The van der Waals surface area contributed by atoms with E-state index < -0.39 is 0 Å². The second kappa shape index (κ2) is 4.85. The Balaban J connectivity index is 2.39. The highest BCUT2D eigenvalue weighted by Crippen LogP contribution is 2.47. The fourth-order valence-electron chi connectivity index (χ4n) is 2.58. The number of allylic oxidation sites excluding steroid dienone is 2. The molecule has 1 aliphatic carbocycles. The minimum absolute atomic E-state index is 0.340. The van der Waals surface area contributed by atoms with Crippen molar-refractivity contribution in [2.75, 3.05) is 0 Å². The second-order valence-electron chi connectivity index (χ2n) is 5.18. The Bertz CT molecular complexity index is 460. The van der Waals surface area contributed by atoms with Crippen LogP contribution in [-0.2, 0) is 0 Å². The summed E-state index contributed by atoms with van der Waals surface area (Å²) in [7, 11) is 0. The Labute approximate surface area is 112 Å². The van der Waals surface area contributed by atoms with Crippen molar-refractivity contribution >= 4 is 15.9 Å². The van der Waals surface area contributed by atoms with E-state index in [2.05, 4.69) is 42.8 Å². The molecule has 1 N–H and O–H groups in total. The number of aryl methyl sites for hydroxylation is 1. The average Bonchev–Trinajstić information content (AvgIpc) is 2.64. The summed E-state index contributed by atoms with van der Waals surface area (Å²) in [5.41, 5.74) is 3.76. The van der Waals surface area contributed by atoms with E-state index in [0.717, 1.165) is 18.4 Å². The summed E-state index contributed by atoms with van der Waals surface area (Å²) in [5, 5.41) is 9.99. The number of hydrogen-bond donors (Lipinski definition) is 1. The van der Waals surface area contributed by atoms with E-state index in [0.29, 0.717) is 17.6 Å². The van der Waals surface area contributed by atoms with Gasteiger partial charge in [0.2, 0.25) is 0 Å². The molecule has 1 atom stereocenters. The van der Waals surface area contributed by atoms with Crippen molar-refractivity contribution in [2.45, 2.75) is 39.5 Å². The summed E-state index contributed by atoms with van der Waals surface area (Å²) in [6.07, 6.45) is 2.24. The van der Waals surface area contributed by atoms with Gasteiger partial charge in [-0.15, -0.1) is 0 Å². The molecule has 0 spiro atoms. The van der Waals surface area contributed by atoms with Gasteiger partial charge in [-0.3, -0.25) is 0 Å². The van der Waals surface area contributed by atoms with Gasteiger partial charge in [0, 0.05) is 16.0 Å². The van der Waals surface area contributed by atoms with E-state index in [9.17, 15) is 5.11 Å². The number of rotatable bonds is 2. The third-order valence-corrected chi connectivity index (χ3v) is 4.63. The Morgan fingerprint density at radius 1 is 1.35 bits per heavy atom. The standard InChI is InChI=1S/C15H19BrO/c1-9(2)11-5-6-12(15(11)16)13-8-10(3)4-7-14(13)17/h4,7-9,12,17H,5-6H2,1-3H3. The number of benzene rings is 1. The Morgan fingerprint density at radius 2 is 2.06 bits per heavy atom. The first-order valence-electron chi connectivity index (χ1n) is 6.18. The minimum atomic E-state index is 0.340. The first kappa shape index (κ1) is 12.7. The van der Waals surface area contributed by atoms with Crippen LogP contribution in [0.2, 0.25) is 0 Å². The first-order chi connectivity index (χ1) is 8.00. The molecule has 1 aliphatic rings. The molecular formula is C15H19BrO. The molecule has 2 heteroatoms. The van der Waals surface area contributed by atoms with Gasteiger partial charge in [0.1, 0.15) is 5.75 Å². The number of halogens is 1. The molecule has 92 valence electrons. The lowest BCUT2D eigenvalue weighted by Gasteiger charge is -2.14. The van der Waals surface area contributed by atoms with Gasteiger partial charge in [-0.1, -0.05) is 53.0 Å². The van der Waals surface area contributed by atoms with Gasteiger partial charge < -0.3 is 5.11 Å². The molecule has 1 nitrogen and oxygen atoms in total. The Hall–Kier alpha value is -0.760. The lowest BCUT2D eigenvalue weighted by atomic mass is 9.96. The molecule has 0 aromatic heterocycles. The molecule has 0 saturated carbocycles. The molecule has 1 aromatic rings. The molecule has 2 rings (SSSR count). The van der Waals surface area contributed by atoms with Gasteiger partial charge in [-0.05, 0) is 31.7 Å². The number of aromatic hydroxyl groups is 1. The normalized spacial score (nSPS) is 20.4. The highest BCUT2D eigenvalue weighted by molar-refractivity contribution is 9.11. The van der Waals surface area contributed by atoms with Crippen LogP contribution in [0.5, 0.6) is 5.75 Å².